The monoisotopic (exact) mass is 540 g/mol. The van der Waals surface area contributed by atoms with E-state index in [1.54, 1.807) is 54.6 Å². The van der Waals surface area contributed by atoms with E-state index in [4.69, 9.17) is 27.9 Å². The van der Waals surface area contributed by atoms with Gasteiger partial charge in [0.15, 0.2) is 0 Å². The van der Waals surface area contributed by atoms with Crippen LogP contribution in [0, 0.1) is 6.92 Å². The normalized spacial score (nSPS) is 13.4. The Morgan fingerprint density at radius 3 is 2.33 bits per heavy atom. The minimum atomic E-state index is -0.517. The summed E-state index contributed by atoms with van der Waals surface area (Å²) in [5.41, 5.74) is 2.17. The van der Waals surface area contributed by atoms with Crippen molar-refractivity contribution in [1.29, 1.82) is 0 Å². The molecule has 0 radical (unpaired) electrons. The molecule has 9 heteroatoms. The number of rotatable bonds is 8. The van der Waals surface area contributed by atoms with E-state index in [2.05, 4.69) is 5.32 Å². The number of nitrogens with zero attached hydrogens (tertiary/aromatic N) is 1. The molecule has 0 saturated carbocycles. The highest BCUT2D eigenvalue weighted by Crippen LogP contribution is 2.39. The van der Waals surface area contributed by atoms with Crippen molar-refractivity contribution < 1.29 is 19.1 Å². The lowest BCUT2D eigenvalue weighted by molar-refractivity contribution is -0.120. The first-order valence-corrected chi connectivity index (χ1v) is 12.7. The van der Waals surface area contributed by atoms with E-state index in [1.807, 2.05) is 13.8 Å². The van der Waals surface area contributed by atoms with Crippen LogP contribution >= 0.6 is 35.0 Å². The van der Waals surface area contributed by atoms with E-state index in [-0.39, 0.29) is 10.6 Å². The molecule has 0 bridgehead atoms. The van der Waals surface area contributed by atoms with Crippen molar-refractivity contribution in [2.75, 3.05) is 16.8 Å². The van der Waals surface area contributed by atoms with Crippen LogP contribution in [0.4, 0.5) is 11.4 Å². The van der Waals surface area contributed by atoms with Gasteiger partial charge in [-0.05, 0) is 79.6 Å². The van der Waals surface area contributed by atoms with E-state index in [9.17, 15) is 14.4 Å². The predicted molar refractivity (Wildman–Crippen MR) is 144 cm³/mol. The molecule has 0 saturated heterocycles. The fourth-order valence-electron chi connectivity index (χ4n) is 3.47. The molecule has 0 unspecified atom stereocenters. The van der Waals surface area contributed by atoms with Gasteiger partial charge in [0.2, 0.25) is 0 Å². The highest BCUT2D eigenvalue weighted by molar-refractivity contribution is 8.04. The van der Waals surface area contributed by atoms with Crippen molar-refractivity contribution in [3.63, 3.8) is 0 Å². The Morgan fingerprint density at radius 1 is 0.972 bits per heavy atom. The molecule has 0 fully saturated rings. The smallest absolute Gasteiger partial charge is 0.338 e. The molecular formula is C27H22Cl2N2O4S. The van der Waals surface area contributed by atoms with Crippen LogP contribution in [0.1, 0.15) is 29.3 Å². The van der Waals surface area contributed by atoms with Crippen molar-refractivity contribution in [2.45, 2.75) is 25.2 Å². The first kappa shape index (κ1) is 25.8. The SMILES string of the molecule is CCCOC(=O)c1ccc(N2C(=O)C(Nc3cccc(Cl)c3C)=C(Sc3ccc(Cl)cc3)C2=O)cc1. The number of esters is 1. The molecule has 2 amide bonds. The number of amides is 2. The molecule has 3 aromatic rings. The van der Waals surface area contributed by atoms with E-state index in [1.165, 1.54) is 12.1 Å². The van der Waals surface area contributed by atoms with Gasteiger partial charge in [0.05, 0.1) is 17.9 Å². The van der Waals surface area contributed by atoms with Gasteiger partial charge in [0.25, 0.3) is 11.8 Å². The van der Waals surface area contributed by atoms with Gasteiger partial charge in [-0.2, -0.15) is 0 Å². The lowest BCUT2D eigenvalue weighted by atomic mass is 10.2. The molecule has 36 heavy (non-hydrogen) atoms. The maximum Gasteiger partial charge on any atom is 0.338 e. The van der Waals surface area contributed by atoms with Gasteiger partial charge in [-0.1, -0.05) is 48.0 Å². The van der Waals surface area contributed by atoms with Crippen LogP contribution in [0.3, 0.4) is 0 Å². The van der Waals surface area contributed by atoms with Gasteiger partial charge < -0.3 is 10.1 Å². The largest absolute Gasteiger partial charge is 0.462 e. The molecule has 4 rings (SSSR count). The van der Waals surface area contributed by atoms with Crippen LogP contribution in [0.2, 0.25) is 10.0 Å². The number of hydrogen-bond acceptors (Lipinski definition) is 6. The second-order valence-corrected chi connectivity index (χ2v) is 9.85. The molecule has 3 aromatic carbocycles. The molecule has 0 atom stereocenters. The number of hydrogen-bond donors (Lipinski definition) is 1. The van der Waals surface area contributed by atoms with Crippen molar-refractivity contribution in [3.8, 4) is 0 Å². The summed E-state index contributed by atoms with van der Waals surface area (Å²) in [6, 6.07) is 18.5. The number of benzene rings is 3. The Bertz CT molecular complexity index is 1360. The lowest BCUT2D eigenvalue weighted by Crippen LogP contribution is -2.32. The second-order valence-electron chi connectivity index (χ2n) is 7.93. The summed E-state index contributed by atoms with van der Waals surface area (Å²) in [7, 11) is 0. The Hall–Kier alpha value is -3.26. The summed E-state index contributed by atoms with van der Waals surface area (Å²) < 4.78 is 5.15. The molecule has 0 spiro atoms. The number of thioether (sulfide) groups is 1. The van der Waals surface area contributed by atoms with Gasteiger partial charge in [-0.15, -0.1) is 0 Å². The number of anilines is 2. The Labute approximate surface area is 223 Å². The summed E-state index contributed by atoms with van der Waals surface area (Å²) in [4.78, 5) is 41.3. The molecular weight excluding hydrogens is 519 g/mol. The molecule has 1 N–H and O–H groups in total. The standard InChI is InChI=1S/C27H22Cl2N2O4S/c1-3-15-35-27(34)17-7-11-19(12-8-17)31-25(32)23(30-22-6-4-5-21(29)16(22)2)24(26(31)33)36-20-13-9-18(28)10-14-20/h4-14,30H,3,15H2,1-2H3. The van der Waals surface area contributed by atoms with Crippen LogP contribution in [0.5, 0.6) is 0 Å². The average molecular weight is 541 g/mol. The highest BCUT2D eigenvalue weighted by Gasteiger charge is 2.40. The van der Waals surface area contributed by atoms with E-state index >= 15 is 0 Å². The van der Waals surface area contributed by atoms with Gasteiger partial charge >= 0.3 is 5.97 Å². The Morgan fingerprint density at radius 2 is 1.67 bits per heavy atom. The van der Waals surface area contributed by atoms with Crippen LogP contribution in [-0.2, 0) is 14.3 Å². The summed E-state index contributed by atoms with van der Waals surface area (Å²) in [5, 5.41) is 4.22. The molecule has 1 aliphatic heterocycles. The maximum absolute atomic E-state index is 13.6. The van der Waals surface area contributed by atoms with Crippen LogP contribution in [0.25, 0.3) is 0 Å². The first-order chi connectivity index (χ1) is 17.3. The Balaban J connectivity index is 1.68. The van der Waals surface area contributed by atoms with E-state index in [0.717, 1.165) is 27.1 Å². The van der Waals surface area contributed by atoms with Crippen molar-refractivity contribution in [2.24, 2.45) is 0 Å². The van der Waals surface area contributed by atoms with Gasteiger partial charge in [0.1, 0.15) is 10.6 Å². The fourth-order valence-corrected chi connectivity index (χ4v) is 4.70. The fraction of sp³-hybridized carbons (Fsp3) is 0.148. The molecule has 6 nitrogen and oxygen atoms in total. The summed E-state index contributed by atoms with van der Waals surface area (Å²) in [6.45, 7) is 4.05. The van der Waals surface area contributed by atoms with Crippen LogP contribution in [0.15, 0.2) is 82.2 Å². The lowest BCUT2D eigenvalue weighted by Gasteiger charge is -2.16. The van der Waals surface area contributed by atoms with Crippen molar-refractivity contribution >= 4 is 64.1 Å². The number of ether oxygens (including phenoxy) is 1. The summed E-state index contributed by atoms with van der Waals surface area (Å²) in [6.07, 6.45) is 0.711. The third-order valence-electron chi connectivity index (χ3n) is 5.40. The molecule has 1 aliphatic rings. The zero-order chi connectivity index (χ0) is 25.8. The second kappa shape index (κ2) is 11.2. The third kappa shape index (κ3) is 5.43. The summed E-state index contributed by atoms with van der Waals surface area (Å²) >= 11 is 13.4. The quantitative estimate of drug-likeness (QED) is 0.248. The molecule has 0 aliphatic carbocycles. The Kier molecular flexibility index (Phi) is 8.04. The number of carbonyl (C=O) groups excluding carboxylic acids is 3. The van der Waals surface area contributed by atoms with Gasteiger partial charge in [0, 0.05) is 20.6 Å². The van der Waals surface area contributed by atoms with E-state index in [0.29, 0.717) is 40.0 Å². The number of imide groups is 1. The van der Waals surface area contributed by atoms with Crippen molar-refractivity contribution in [3.05, 3.63) is 98.5 Å². The molecule has 0 aromatic heterocycles. The van der Waals surface area contributed by atoms with Crippen molar-refractivity contribution in [1.82, 2.24) is 0 Å². The minimum Gasteiger partial charge on any atom is -0.462 e. The third-order valence-corrected chi connectivity index (χ3v) is 7.15. The van der Waals surface area contributed by atoms with Gasteiger partial charge in [-0.25, -0.2) is 9.69 Å². The van der Waals surface area contributed by atoms with Gasteiger partial charge in [-0.3, -0.25) is 9.59 Å². The topological polar surface area (TPSA) is 75.7 Å². The first-order valence-electron chi connectivity index (χ1n) is 11.2. The number of halogens is 2. The van der Waals surface area contributed by atoms with Crippen LogP contribution in [-0.4, -0.2) is 24.4 Å². The maximum atomic E-state index is 13.6. The summed E-state index contributed by atoms with van der Waals surface area (Å²) in [5.74, 6) is -1.46. The highest BCUT2D eigenvalue weighted by atomic mass is 35.5. The number of nitrogens with one attached hydrogen (secondary N) is 1. The zero-order valence-electron chi connectivity index (χ0n) is 19.5. The van der Waals surface area contributed by atoms with E-state index < -0.39 is 17.8 Å². The number of carbonyl (C=O) groups is 3. The zero-order valence-corrected chi connectivity index (χ0v) is 21.8. The molecule has 184 valence electrons. The van der Waals surface area contributed by atoms with Crippen LogP contribution < -0.4 is 10.2 Å². The molecule has 1 heterocycles. The average Bonchev–Trinajstić information content (AvgIpc) is 3.10. The minimum absolute atomic E-state index is 0.136. The predicted octanol–water partition coefficient (Wildman–Crippen LogP) is 6.86.